The van der Waals surface area contributed by atoms with Gasteiger partial charge in [-0.2, -0.15) is 0 Å². The van der Waals surface area contributed by atoms with Gasteiger partial charge in [-0.25, -0.2) is 0 Å². The summed E-state index contributed by atoms with van der Waals surface area (Å²) in [5, 5.41) is 0. The van der Waals surface area contributed by atoms with Gasteiger partial charge in [-0.05, 0) is 19.3 Å². The lowest BCUT2D eigenvalue weighted by atomic mass is 10.0. The Morgan fingerprint density at radius 2 is 1.79 bits per heavy atom. The molecule has 14 heavy (non-hydrogen) atoms. The van der Waals surface area contributed by atoms with Crippen LogP contribution in [0.25, 0.3) is 0 Å². The SMILES string of the molecule is COC(=O)[C@H]1[C@H](C2OC2(C)C)C1(C)C. The van der Waals surface area contributed by atoms with E-state index in [-0.39, 0.29) is 29.0 Å². The van der Waals surface area contributed by atoms with Crippen LogP contribution in [0.15, 0.2) is 0 Å². The Morgan fingerprint density at radius 3 is 2.14 bits per heavy atom. The van der Waals surface area contributed by atoms with Gasteiger partial charge < -0.3 is 9.47 Å². The lowest BCUT2D eigenvalue weighted by Gasteiger charge is -1.99. The van der Waals surface area contributed by atoms with Crippen LogP contribution in [-0.4, -0.2) is 24.8 Å². The highest BCUT2D eigenvalue weighted by atomic mass is 16.6. The lowest BCUT2D eigenvalue weighted by molar-refractivity contribution is -0.143. The molecule has 1 aliphatic heterocycles. The minimum Gasteiger partial charge on any atom is -0.469 e. The second-order valence-electron chi connectivity index (χ2n) is 5.49. The van der Waals surface area contributed by atoms with Crippen LogP contribution >= 0.6 is 0 Å². The summed E-state index contributed by atoms with van der Waals surface area (Å²) in [6.07, 6.45) is 0.238. The number of rotatable bonds is 2. The molecule has 80 valence electrons. The molecular formula is C11H18O3. The van der Waals surface area contributed by atoms with Crippen LogP contribution in [0.2, 0.25) is 0 Å². The van der Waals surface area contributed by atoms with Gasteiger partial charge >= 0.3 is 5.97 Å². The normalized spacial score (nSPS) is 41.6. The van der Waals surface area contributed by atoms with Crippen molar-refractivity contribution in [3.63, 3.8) is 0 Å². The van der Waals surface area contributed by atoms with E-state index in [0.717, 1.165) is 0 Å². The van der Waals surface area contributed by atoms with Gasteiger partial charge in [0.25, 0.3) is 0 Å². The number of epoxide rings is 1. The van der Waals surface area contributed by atoms with Gasteiger partial charge in [0, 0.05) is 5.92 Å². The van der Waals surface area contributed by atoms with Crippen LogP contribution in [0.4, 0.5) is 0 Å². The van der Waals surface area contributed by atoms with Crippen molar-refractivity contribution in [3.05, 3.63) is 0 Å². The Kier molecular flexibility index (Phi) is 1.79. The van der Waals surface area contributed by atoms with E-state index < -0.39 is 0 Å². The number of methoxy groups -OCH3 is 1. The zero-order valence-corrected chi connectivity index (χ0v) is 9.46. The van der Waals surface area contributed by atoms with Crippen molar-refractivity contribution in [1.82, 2.24) is 0 Å². The monoisotopic (exact) mass is 198 g/mol. The van der Waals surface area contributed by atoms with Crippen LogP contribution < -0.4 is 0 Å². The van der Waals surface area contributed by atoms with E-state index in [2.05, 4.69) is 27.7 Å². The Labute approximate surface area is 84.8 Å². The van der Waals surface area contributed by atoms with E-state index in [1.165, 1.54) is 7.11 Å². The van der Waals surface area contributed by atoms with Gasteiger partial charge in [-0.1, -0.05) is 13.8 Å². The summed E-state index contributed by atoms with van der Waals surface area (Å²) in [4.78, 5) is 11.5. The van der Waals surface area contributed by atoms with Crippen LogP contribution in [0, 0.1) is 17.3 Å². The highest BCUT2D eigenvalue weighted by Crippen LogP contribution is 2.66. The molecule has 3 nitrogen and oxygen atoms in total. The van der Waals surface area contributed by atoms with Crippen LogP contribution in [0.5, 0.6) is 0 Å². The molecule has 1 heterocycles. The third-order valence-electron chi connectivity index (χ3n) is 3.75. The Morgan fingerprint density at radius 1 is 1.29 bits per heavy atom. The summed E-state index contributed by atoms with van der Waals surface area (Å²) in [5.74, 6) is 0.274. The molecule has 3 heteroatoms. The summed E-state index contributed by atoms with van der Waals surface area (Å²) in [6, 6.07) is 0. The zero-order valence-electron chi connectivity index (χ0n) is 9.46. The first-order chi connectivity index (χ1) is 6.32. The molecule has 2 rings (SSSR count). The number of carbonyl (C=O) groups is 1. The maximum Gasteiger partial charge on any atom is 0.309 e. The van der Waals surface area contributed by atoms with Gasteiger partial charge in [0.15, 0.2) is 0 Å². The van der Waals surface area contributed by atoms with E-state index in [1.54, 1.807) is 0 Å². The summed E-state index contributed by atoms with van der Waals surface area (Å²) in [6.45, 7) is 8.36. The topological polar surface area (TPSA) is 38.8 Å². The van der Waals surface area contributed by atoms with Crippen molar-refractivity contribution in [1.29, 1.82) is 0 Å². The molecule has 0 aromatic rings. The Hall–Kier alpha value is -0.570. The molecule has 3 atom stereocenters. The molecule has 2 aliphatic rings. The van der Waals surface area contributed by atoms with Crippen molar-refractivity contribution in [2.75, 3.05) is 7.11 Å². The van der Waals surface area contributed by atoms with Gasteiger partial charge in [0.1, 0.15) is 0 Å². The summed E-state index contributed by atoms with van der Waals surface area (Å²) >= 11 is 0. The number of carbonyl (C=O) groups excluding carboxylic acids is 1. The maximum atomic E-state index is 11.5. The first-order valence-electron chi connectivity index (χ1n) is 5.08. The van der Waals surface area contributed by atoms with Crippen molar-refractivity contribution < 1.29 is 14.3 Å². The fourth-order valence-electron chi connectivity index (χ4n) is 2.62. The third kappa shape index (κ3) is 1.18. The number of esters is 1. The molecule has 2 fully saturated rings. The molecule has 0 bridgehead atoms. The molecular weight excluding hydrogens is 180 g/mol. The van der Waals surface area contributed by atoms with E-state index in [4.69, 9.17) is 9.47 Å². The summed E-state index contributed by atoms with van der Waals surface area (Å²) in [7, 11) is 1.45. The lowest BCUT2D eigenvalue weighted by Crippen LogP contribution is -2.10. The minimum atomic E-state index is -0.0914. The van der Waals surface area contributed by atoms with E-state index in [1.807, 2.05) is 0 Å². The van der Waals surface area contributed by atoms with Crippen LogP contribution in [-0.2, 0) is 14.3 Å². The maximum absolute atomic E-state index is 11.5. The first-order valence-corrected chi connectivity index (χ1v) is 5.08. The first kappa shape index (κ1) is 9.97. The molecule has 0 aromatic carbocycles. The Bertz CT molecular complexity index is 280. The van der Waals surface area contributed by atoms with Gasteiger partial charge in [0.2, 0.25) is 0 Å². The van der Waals surface area contributed by atoms with Crippen LogP contribution in [0.1, 0.15) is 27.7 Å². The molecule has 1 saturated carbocycles. The van der Waals surface area contributed by atoms with E-state index in [9.17, 15) is 4.79 Å². The van der Waals surface area contributed by atoms with Gasteiger partial charge in [0.05, 0.1) is 24.7 Å². The highest BCUT2D eigenvalue weighted by Gasteiger charge is 2.73. The molecule has 1 aliphatic carbocycles. The zero-order chi connectivity index (χ0) is 10.7. The van der Waals surface area contributed by atoms with Gasteiger partial charge in [-0.15, -0.1) is 0 Å². The second kappa shape index (κ2) is 2.51. The molecule has 0 spiro atoms. The fourth-order valence-corrected chi connectivity index (χ4v) is 2.62. The fraction of sp³-hybridized carbons (Fsp3) is 0.909. The van der Waals surface area contributed by atoms with Crippen molar-refractivity contribution in [2.24, 2.45) is 17.3 Å². The van der Waals surface area contributed by atoms with E-state index in [0.29, 0.717) is 5.92 Å². The summed E-state index contributed by atoms with van der Waals surface area (Å²) < 4.78 is 10.4. The molecule has 0 N–H and O–H groups in total. The number of ether oxygens (including phenoxy) is 2. The highest BCUT2D eigenvalue weighted by molar-refractivity contribution is 5.77. The van der Waals surface area contributed by atoms with Crippen molar-refractivity contribution in [2.45, 2.75) is 39.4 Å². The predicted octanol–water partition coefficient (Wildman–Crippen LogP) is 1.61. The number of hydrogen-bond donors (Lipinski definition) is 0. The average Bonchev–Trinajstić information content (AvgIpc) is 2.84. The molecule has 1 saturated heterocycles. The quantitative estimate of drug-likeness (QED) is 0.500. The molecule has 0 amide bonds. The average molecular weight is 198 g/mol. The third-order valence-corrected chi connectivity index (χ3v) is 3.75. The molecule has 0 radical (unpaired) electrons. The van der Waals surface area contributed by atoms with E-state index >= 15 is 0 Å². The standard InChI is InChI=1S/C11H18O3/c1-10(2)6(7(10)9(12)13-5)8-11(3,4)14-8/h6-8H,1-5H3/t6-,7-,8?/m1/s1. The van der Waals surface area contributed by atoms with Crippen molar-refractivity contribution >= 4 is 5.97 Å². The van der Waals surface area contributed by atoms with Gasteiger partial charge in [-0.3, -0.25) is 4.79 Å². The molecule has 0 aromatic heterocycles. The second-order valence-corrected chi connectivity index (χ2v) is 5.49. The largest absolute Gasteiger partial charge is 0.469 e. The van der Waals surface area contributed by atoms with Crippen molar-refractivity contribution in [3.8, 4) is 0 Å². The van der Waals surface area contributed by atoms with Crippen LogP contribution in [0.3, 0.4) is 0 Å². The summed E-state index contributed by atoms with van der Waals surface area (Å²) in [5.41, 5.74) is 0.0102. The molecule has 1 unspecified atom stereocenters. The predicted molar refractivity (Wildman–Crippen MR) is 51.7 cm³/mol. The Balaban J connectivity index is 2.07. The minimum absolute atomic E-state index is 0.0271. The smallest absolute Gasteiger partial charge is 0.309 e. The number of hydrogen-bond acceptors (Lipinski definition) is 3.